The highest BCUT2D eigenvalue weighted by Crippen LogP contribution is 2.28. The van der Waals surface area contributed by atoms with Crippen LogP contribution >= 0.6 is 11.3 Å². The van der Waals surface area contributed by atoms with Crippen molar-refractivity contribution in [1.82, 2.24) is 5.32 Å². The molecular formula is C12H18N2OS. The Morgan fingerprint density at radius 3 is 2.81 bits per heavy atom. The van der Waals surface area contributed by atoms with Crippen molar-refractivity contribution in [1.29, 1.82) is 0 Å². The van der Waals surface area contributed by atoms with E-state index >= 15 is 0 Å². The molecular weight excluding hydrogens is 220 g/mol. The maximum Gasteiger partial charge on any atom is 0.240 e. The molecule has 1 amide bonds. The van der Waals surface area contributed by atoms with Crippen LogP contribution in [0.1, 0.15) is 43.5 Å². The van der Waals surface area contributed by atoms with Crippen molar-refractivity contribution in [2.75, 3.05) is 0 Å². The van der Waals surface area contributed by atoms with Crippen molar-refractivity contribution in [3.05, 3.63) is 22.4 Å². The van der Waals surface area contributed by atoms with Gasteiger partial charge in [-0.15, -0.1) is 11.3 Å². The molecule has 1 aliphatic carbocycles. The summed E-state index contributed by atoms with van der Waals surface area (Å²) >= 11 is 1.66. The third-order valence-electron chi connectivity index (χ3n) is 3.27. The zero-order chi connectivity index (χ0) is 11.6. The Balaban J connectivity index is 1.97. The summed E-state index contributed by atoms with van der Waals surface area (Å²) in [6, 6.07) is 4.10. The van der Waals surface area contributed by atoms with Crippen LogP contribution in [0.25, 0.3) is 0 Å². The minimum atomic E-state index is -0.620. The largest absolute Gasteiger partial charge is 0.347 e. The third kappa shape index (κ3) is 2.28. The van der Waals surface area contributed by atoms with Crippen LogP contribution in [0, 0.1) is 0 Å². The van der Waals surface area contributed by atoms with Gasteiger partial charge in [0.1, 0.15) is 0 Å². The second kappa shape index (κ2) is 4.55. The van der Waals surface area contributed by atoms with Crippen molar-refractivity contribution in [3.8, 4) is 0 Å². The number of hydrogen-bond acceptors (Lipinski definition) is 3. The highest BCUT2D eigenvalue weighted by Gasteiger charge is 2.37. The molecule has 1 aromatic heterocycles. The van der Waals surface area contributed by atoms with Crippen LogP contribution in [0.2, 0.25) is 0 Å². The molecule has 16 heavy (non-hydrogen) atoms. The Kier molecular flexibility index (Phi) is 3.30. The topological polar surface area (TPSA) is 55.1 Å². The van der Waals surface area contributed by atoms with E-state index in [2.05, 4.69) is 5.32 Å². The summed E-state index contributed by atoms with van der Waals surface area (Å²) in [5.41, 5.74) is 5.48. The van der Waals surface area contributed by atoms with Crippen LogP contribution < -0.4 is 11.1 Å². The quantitative estimate of drug-likeness (QED) is 0.848. The van der Waals surface area contributed by atoms with E-state index in [4.69, 9.17) is 5.73 Å². The molecule has 0 aliphatic heterocycles. The van der Waals surface area contributed by atoms with Gasteiger partial charge in [0.2, 0.25) is 5.91 Å². The molecule has 3 N–H and O–H groups in total. The molecule has 0 spiro atoms. The smallest absolute Gasteiger partial charge is 0.240 e. The molecule has 88 valence electrons. The Labute approximate surface area is 100 Å². The van der Waals surface area contributed by atoms with Gasteiger partial charge in [-0.25, -0.2) is 0 Å². The van der Waals surface area contributed by atoms with Crippen LogP contribution in [-0.4, -0.2) is 11.4 Å². The van der Waals surface area contributed by atoms with Crippen LogP contribution in [0.3, 0.4) is 0 Å². The molecule has 1 aliphatic rings. The Hall–Kier alpha value is -0.870. The lowest BCUT2D eigenvalue weighted by Gasteiger charge is -2.24. The van der Waals surface area contributed by atoms with E-state index in [0.717, 1.165) is 25.7 Å². The fraction of sp³-hybridized carbons (Fsp3) is 0.583. The standard InChI is InChI=1S/C12H18N2OS/c1-9(10-5-4-8-16-10)14-11(15)12(13)6-2-3-7-12/h4-5,8-9H,2-3,6-7,13H2,1H3,(H,14,15)/t9-/m0/s1. The molecule has 0 saturated heterocycles. The number of nitrogens with one attached hydrogen (secondary N) is 1. The lowest BCUT2D eigenvalue weighted by atomic mass is 9.97. The third-order valence-corrected chi connectivity index (χ3v) is 4.32. The SMILES string of the molecule is C[C@H](NC(=O)C1(N)CCCC1)c1cccs1. The van der Waals surface area contributed by atoms with Gasteiger partial charge in [0.15, 0.2) is 0 Å². The first-order valence-electron chi connectivity index (χ1n) is 5.75. The summed E-state index contributed by atoms with van der Waals surface area (Å²) in [5.74, 6) is 0.00546. The van der Waals surface area contributed by atoms with E-state index in [9.17, 15) is 4.79 Å². The van der Waals surface area contributed by atoms with Crippen molar-refractivity contribution >= 4 is 17.2 Å². The first kappa shape index (κ1) is 11.6. The van der Waals surface area contributed by atoms with E-state index in [1.807, 2.05) is 24.4 Å². The van der Waals surface area contributed by atoms with E-state index < -0.39 is 5.54 Å². The highest BCUT2D eigenvalue weighted by atomic mass is 32.1. The first-order valence-corrected chi connectivity index (χ1v) is 6.63. The number of carbonyl (C=O) groups is 1. The van der Waals surface area contributed by atoms with E-state index in [-0.39, 0.29) is 11.9 Å². The maximum atomic E-state index is 12.0. The average molecular weight is 238 g/mol. The summed E-state index contributed by atoms with van der Waals surface area (Å²) in [6.07, 6.45) is 3.76. The van der Waals surface area contributed by atoms with Gasteiger partial charge in [-0.3, -0.25) is 4.79 Å². The molecule has 0 unspecified atom stereocenters. The summed E-state index contributed by atoms with van der Waals surface area (Å²) < 4.78 is 0. The molecule has 1 fully saturated rings. The van der Waals surface area contributed by atoms with Gasteiger partial charge in [-0.05, 0) is 31.2 Å². The van der Waals surface area contributed by atoms with E-state index in [1.54, 1.807) is 11.3 Å². The molecule has 1 aromatic rings. The van der Waals surface area contributed by atoms with Crippen LogP contribution in [0.5, 0.6) is 0 Å². The number of carbonyl (C=O) groups excluding carboxylic acids is 1. The molecule has 4 heteroatoms. The Bertz CT molecular complexity index is 355. The minimum Gasteiger partial charge on any atom is -0.347 e. The van der Waals surface area contributed by atoms with Crippen molar-refractivity contribution < 1.29 is 4.79 Å². The minimum absolute atomic E-state index is 0.00546. The summed E-state index contributed by atoms with van der Waals surface area (Å²) in [4.78, 5) is 13.2. The van der Waals surface area contributed by atoms with Gasteiger partial charge in [0.25, 0.3) is 0 Å². The number of hydrogen-bond donors (Lipinski definition) is 2. The second-order valence-electron chi connectivity index (χ2n) is 4.57. The fourth-order valence-electron chi connectivity index (χ4n) is 2.18. The van der Waals surface area contributed by atoms with Gasteiger partial charge in [0.05, 0.1) is 11.6 Å². The summed E-state index contributed by atoms with van der Waals surface area (Å²) in [5, 5.41) is 5.03. The number of thiophene rings is 1. The summed E-state index contributed by atoms with van der Waals surface area (Å²) in [6.45, 7) is 2.00. The van der Waals surface area contributed by atoms with Gasteiger partial charge in [0, 0.05) is 4.88 Å². The van der Waals surface area contributed by atoms with Gasteiger partial charge in [-0.1, -0.05) is 18.9 Å². The maximum absolute atomic E-state index is 12.0. The van der Waals surface area contributed by atoms with Crippen molar-refractivity contribution in [2.45, 2.75) is 44.2 Å². The molecule has 0 aromatic carbocycles. The molecule has 1 heterocycles. The Morgan fingerprint density at radius 2 is 2.25 bits per heavy atom. The van der Waals surface area contributed by atoms with Gasteiger partial charge < -0.3 is 11.1 Å². The van der Waals surface area contributed by atoms with Crippen LogP contribution in [0.15, 0.2) is 17.5 Å². The molecule has 2 rings (SSSR count). The van der Waals surface area contributed by atoms with E-state index in [1.165, 1.54) is 4.88 Å². The van der Waals surface area contributed by atoms with Crippen LogP contribution in [0.4, 0.5) is 0 Å². The predicted octanol–water partition coefficient (Wildman–Crippen LogP) is 2.20. The van der Waals surface area contributed by atoms with Gasteiger partial charge >= 0.3 is 0 Å². The Morgan fingerprint density at radius 1 is 1.56 bits per heavy atom. The van der Waals surface area contributed by atoms with Crippen LogP contribution in [-0.2, 0) is 4.79 Å². The second-order valence-corrected chi connectivity index (χ2v) is 5.55. The molecule has 0 bridgehead atoms. The van der Waals surface area contributed by atoms with Crippen molar-refractivity contribution in [3.63, 3.8) is 0 Å². The monoisotopic (exact) mass is 238 g/mol. The predicted molar refractivity (Wildman–Crippen MR) is 66.3 cm³/mol. The fourth-order valence-corrected chi connectivity index (χ4v) is 2.92. The summed E-state index contributed by atoms with van der Waals surface area (Å²) in [7, 11) is 0. The molecule has 1 atom stereocenters. The molecule has 0 radical (unpaired) electrons. The number of rotatable bonds is 3. The normalized spacial score (nSPS) is 20.6. The molecule has 1 saturated carbocycles. The van der Waals surface area contributed by atoms with Crippen molar-refractivity contribution in [2.24, 2.45) is 5.73 Å². The lowest BCUT2D eigenvalue weighted by molar-refractivity contribution is -0.126. The van der Waals surface area contributed by atoms with Gasteiger partial charge in [-0.2, -0.15) is 0 Å². The first-order chi connectivity index (χ1) is 7.62. The number of amides is 1. The lowest BCUT2D eigenvalue weighted by Crippen LogP contribution is -2.52. The highest BCUT2D eigenvalue weighted by molar-refractivity contribution is 7.10. The van der Waals surface area contributed by atoms with E-state index in [0.29, 0.717) is 0 Å². The zero-order valence-corrected chi connectivity index (χ0v) is 10.3. The molecule has 3 nitrogen and oxygen atoms in total. The number of nitrogens with two attached hydrogens (primary N) is 1. The average Bonchev–Trinajstić information content (AvgIpc) is 2.88. The zero-order valence-electron chi connectivity index (χ0n) is 9.53.